The molecule has 2 aliphatic rings. The number of hydrogen-bond acceptors (Lipinski definition) is 6. The van der Waals surface area contributed by atoms with Crippen LogP contribution in [0.25, 0.3) is 0 Å². The van der Waals surface area contributed by atoms with Gasteiger partial charge < -0.3 is 20.4 Å². The predicted molar refractivity (Wildman–Crippen MR) is 108 cm³/mol. The molecule has 0 bridgehead atoms. The predicted octanol–water partition coefficient (Wildman–Crippen LogP) is 1.27. The van der Waals surface area contributed by atoms with Gasteiger partial charge in [-0.3, -0.25) is 24.5 Å². The number of piperidine rings is 1. The topological polar surface area (TPSA) is 136 Å². The first-order chi connectivity index (χ1) is 15.6. The Morgan fingerprint density at radius 1 is 1.15 bits per heavy atom. The summed E-state index contributed by atoms with van der Waals surface area (Å²) in [6, 6.07) is 6.78. The Morgan fingerprint density at radius 3 is 2.52 bits per heavy atom. The molecule has 11 heteroatoms. The Kier molecular flexibility index (Phi) is 5.48. The molecule has 9 nitrogen and oxygen atoms in total. The van der Waals surface area contributed by atoms with E-state index in [1.165, 1.54) is 17.0 Å². The monoisotopic (exact) mass is 459 g/mol. The third-order valence-electron chi connectivity index (χ3n) is 5.66. The fraction of sp³-hybridized carbons (Fsp3) is 0.273. The van der Waals surface area contributed by atoms with Crippen molar-refractivity contribution in [2.75, 3.05) is 0 Å². The molecule has 1 atom stereocenters. The highest BCUT2D eigenvalue weighted by Crippen LogP contribution is 2.40. The summed E-state index contributed by atoms with van der Waals surface area (Å²) in [5.74, 6) is -9.07. The molecule has 1 fully saturated rings. The highest BCUT2D eigenvalue weighted by Gasteiger charge is 2.45. The summed E-state index contributed by atoms with van der Waals surface area (Å²) >= 11 is 0. The zero-order valence-corrected chi connectivity index (χ0v) is 17.1. The lowest BCUT2D eigenvalue weighted by molar-refractivity contribution is -0.147. The summed E-state index contributed by atoms with van der Waals surface area (Å²) in [5, 5.41) is 23.6. The van der Waals surface area contributed by atoms with E-state index in [-0.39, 0.29) is 31.8 Å². The lowest BCUT2D eigenvalue weighted by atomic mass is 10.0. The Bertz CT molecular complexity index is 1160. The number of benzene rings is 2. The molecule has 0 saturated carbocycles. The highest BCUT2D eigenvalue weighted by molar-refractivity contribution is 6.05. The molecule has 0 aliphatic carbocycles. The molecule has 33 heavy (non-hydrogen) atoms. The van der Waals surface area contributed by atoms with Crippen LogP contribution < -0.4 is 10.6 Å². The quantitative estimate of drug-likeness (QED) is 0.497. The van der Waals surface area contributed by atoms with Crippen LogP contribution in [0, 0.1) is 0 Å². The van der Waals surface area contributed by atoms with Crippen molar-refractivity contribution < 1.29 is 38.2 Å². The summed E-state index contributed by atoms with van der Waals surface area (Å²) in [5.41, 5.74) is 0.139. The number of phenols is 2. The normalized spacial score (nSPS) is 18.2. The van der Waals surface area contributed by atoms with Gasteiger partial charge in [-0.25, -0.2) is 0 Å². The minimum Gasteiger partial charge on any atom is -0.507 e. The number of halogens is 2. The Labute approximate surface area is 186 Å². The number of carbonyl (C=O) groups is 4. The second kappa shape index (κ2) is 8.15. The van der Waals surface area contributed by atoms with Crippen molar-refractivity contribution >= 4 is 23.6 Å². The molecular formula is C22H19F2N3O6. The number of fused-ring (bicyclic) bond motifs is 1. The average Bonchev–Trinajstić information content (AvgIpc) is 3.07. The molecule has 1 saturated heterocycles. The third-order valence-corrected chi connectivity index (χ3v) is 5.66. The van der Waals surface area contributed by atoms with Gasteiger partial charge in [0.25, 0.3) is 11.8 Å². The van der Waals surface area contributed by atoms with Crippen LogP contribution >= 0.6 is 0 Å². The van der Waals surface area contributed by atoms with Crippen molar-refractivity contribution in [1.82, 2.24) is 15.5 Å². The summed E-state index contributed by atoms with van der Waals surface area (Å²) in [7, 11) is 0. The van der Waals surface area contributed by atoms with Crippen LogP contribution in [0.3, 0.4) is 0 Å². The minimum absolute atomic E-state index is 0.101. The molecule has 0 aromatic heterocycles. The van der Waals surface area contributed by atoms with E-state index in [4.69, 9.17) is 0 Å². The van der Waals surface area contributed by atoms with Gasteiger partial charge >= 0.3 is 5.92 Å². The van der Waals surface area contributed by atoms with Gasteiger partial charge in [-0.2, -0.15) is 8.78 Å². The molecule has 4 rings (SSSR count). The van der Waals surface area contributed by atoms with Crippen molar-refractivity contribution in [3.8, 4) is 11.5 Å². The fourth-order valence-corrected chi connectivity index (χ4v) is 3.99. The molecular weight excluding hydrogens is 440 g/mol. The summed E-state index contributed by atoms with van der Waals surface area (Å²) < 4.78 is 29.0. The zero-order chi connectivity index (χ0) is 23.9. The van der Waals surface area contributed by atoms with Crippen LogP contribution in [0.2, 0.25) is 0 Å². The summed E-state index contributed by atoms with van der Waals surface area (Å²) in [6.07, 6.45) is 0.329. The van der Waals surface area contributed by atoms with Gasteiger partial charge in [0.05, 0.1) is 0 Å². The molecule has 2 aromatic rings. The molecule has 4 N–H and O–H groups in total. The van der Waals surface area contributed by atoms with Crippen LogP contribution in [-0.2, 0) is 33.4 Å². The molecule has 2 aliphatic heterocycles. The van der Waals surface area contributed by atoms with Crippen molar-refractivity contribution in [3.05, 3.63) is 58.7 Å². The molecule has 4 amide bonds. The zero-order valence-electron chi connectivity index (χ0n) is 17.1. The Balaban J connectivity index is 1.46. The van der Waals surface area contributed by atoms with Crippen molar-refractivity contribution in [3.63, 3.8) is 0 Å². The van der Waals surface area contributed by atoms with Crippen molar-refractivity contribution in [2.24, 2.45) is 0 Å². The van der Waals surface area contributed by atoms with Gasteiger partial charge in [0.1, 0.15) is 23.1 Å². The van der Waals surface area contributed by atoms with Gasteiger partial charge in [0.15, 0.2) is 0 Å². The number of rotatable bonds is 5. The van der Waals surface area contributed by atoms with Crippen LogP contribution in [0.1, 0.15) is 39.9 Å². The second-order valence-corrected chi connectivity index (χ2v) is 7.82. The molecule has 1 unspecified atom stereocenters. The maximum Gasteiger partial charge on any atom is 0.356 e. The number of hydrogen-bond donors (Lipinski definition) is 4. The molecule has 0 radical (unpaired) electrons. The maximum absolute atomic E-state index is 14.5. The first-order valence-corrected chi connectivity index (χ1v) is 10.0. The van der Waals surface area contributed by atoms with Gasteiger partial charge in [0, 0.05) is 25.1 Å². The molecule has 2 heterocycles. The molecule has 2 aromatic carbocycles. The average molecular weight is 459 g/mol. The van der Waals surface area contributed by atoms with E-state index in [2.05, 4.69) is 10.6 Å². The summed E-state index contributed by atoms with van der Waals surface area (Å²) in [4.78, 5) is 49.6. The highest BCUT2D eigenvalue weighted by atomic mass is 19.3. The summed E-state index contributed by atoms with van der Waals surface area (Å²) in [6.45, 7) is -0.202. The number of amides is 4. The van der Waals surface area contributed by atoms with E-state index in [0.717, 1.165) is 18.2 Å². The lowest BCUT2D eigenvalue weighted by Crippen LogP contribution is -2.52. The minimum atomic E-state index is -4.19. The smallest absolute Gasteiger partial charge is 0.356 e. The molecule has 172 valence electrons. The largest absolute Gasteiger partial charge is 0.507 e. The lowest BCUT2D eigenvalue weighted by Gasteiger charge is -2.29. The van der Waals surface area contributed by atoms with Gasteiger partial charge in [-0.1, -0.05) is 18.2 Å². The van der Waals surface area contributed by atoms with E-state index in [1.54, 1.807) is 6.07 Å². The Morgan fingerprint density at radius 2 is 1.85 bits per heavy atom. The number of nitrogens with one attached hydrogen (secondary N) is 2. The van der Waals surface area contributed by atoms with E-state index in [9.17, 15) is 38.2 Å². The number of alkyl halides is 2. The molecule has 0 spiro atoms. The standard InChI is InChI=1S/C22H19F2N3O6/c23-22(24,18-15(28)2-1-3-16(18)29)21(33)25-9-11-4-5-13-12(8-11)10-27(20(13)32)14-6-7-17(30)26-19(14)31/h1-5,8,14,28-29H,6-7,9-10H2,(H,25,33)(H,26,30,31). The fourth-order valence-electron chi connectivity index (χ4n) is 3.99. The van der Waals surface area contributed by atoms with Crippen LogP contribution in [0.15, 0.2) is 36.4 Å². The van der Waals surface area contributed by atoms with E-state index >= 15 is 0 Å². The maximum atomic E-state index is 14.5. The Hall–Kier alpha value is -4.02. The van der Waals surface area contributed by atoms with Gasteiger partial charge in [0.2, 0.25) is 11.8 Å². The number of nitrogens with zero attached hydrogens (tertiary/aromatic N) is 1. The van der Waals surface area contributed by atoms with E-state index in [0.29, 0.717) is 16.7 Å². The number of aromatic hydroxyl groups is 2. The first-order valence-electron chi connectivity index (χ1n) is 10.0. The van der Waals surface area contributed by atoms with Crippen LogP contribution in [0.5, 0.6) is 11.5 Å². The number of imide groups is 1. The van der Waals surface area contributed by atoms with Gasteiger partial charge in [-0.15, -0.1) is 0 Å². The second-order valence-electron chi connectivity index (χ2n) is 7.82. The van der Waals surface area contributed by atoms with Crippen molar-refractivity contribution in [2.45, 2.75) is 37.9 Å². The van der Waals surface area contributed by atoms with E-state index in [1.807, 2.05) is 0 Å². The van der Waals surface area contributed by atoms with Crippen LogP contribution in [-0.4, -0.2) is 44.8 Å². The number of phenolic OH excluding ortho intramolecular Hbond substituents is 2. The van der Waals surface area contributed by atoms with Gasteiger partial charge in [-0.05, 0) is 35.7 Å². The SMILES string of the molecule is O=C1CCC(N2Cc3cc(CNC(=O)C(F)(F)c4c(O)cccc4O)ccc3C2=O)C(=O)N1. The van der Waals surface area contributed by atoms with Crippen LogP contribution in [0.4, 0.5) is 8.78 Å². The third kappa shape index (κ3) is 3.97. The van der Waals surface area contributed by atoms with Crippen molar-refractivity contribution in [1.29, 1.82) is 0 Å². The first kappa shape index (κ1) is 22.2. The van der Waals surface area contributed by atoms with E-state index < -0.39 is 46.7 Å². The number of carbonyl (C=O) groups excluding carboxylic acids is 4.